The lowest BCUT2D eigenvalue weighted by atomic mass is 10.2. The molecule has 0 bridgehead atoms. The highest BCUT2D eigenvalue weighted by Gasteiger charge is 2.11. The first-order valence-electron chi connectivity index (χ1n) is 5.00. The number of hydrogen-bond acceptors (Lipinski definition) is 3. The summed E-state index contributed by atoms with van der Waals surface area (Å²) in [6.07, 6.45) is 0. The molecular formula is C11H15N3S. The van der Waals surface area contributed by atoms with Crippen LogP contribution in [0, 0.1) is 13.8 Å². The number of aryl methyl sites for hydroxylation is 2. The van der Waals surface area contributed by atoms with Crippen LogP contribution in [0.4, 0.5) is 5.69 Å². The molecule has 0 radical (unpaired) electrons. The van der Waals surface area contributed by atoms with E-state index in [1.165, 1.54) is 4.88 Å². The summed E-state index contributed by atoms with van der Waals surface area (Å²) in [4.78, 5) is 1.34. The third-order valence-electron chi connectivity index (χ3n) is 2.46. The van der Waals surface area contributed by atoms with Crippen molar-refractivity contribution in [1.82, 2.24) is 10.2 Å². The zero-order chi connectivity index (χ0) is 10.8. The Labute approximate surface area is 93.5 Å². The van der Waals surface area contributed by atoms with Gasteiger partial charge in [0.2, 0.25) is 0 Å². The Balaban J connectivity index is 2.16. The van der Waals surface area contributed by atoms with Gasteiger partial charge >= 0.3 is 0 Å². The van der Waals surface area contributed by atoms with Crippen LogP contribution in [0.25, 0.3) is 0 Å². The van der Waals surface area contributed by atoms with Crippen LogP contribution in [0.5, 0.6) is 0 Å². The topological polar surface area (TPSA) is 40.7 Å². The molecule has 4 heteroatoms. The van der Waals surface area contributed by atoms with Crippen LogP contribution in [0.2, 0.25) is 0 Å². The molecule has 0 aromatic carbocycles. The largest absolute Gasteiger partial charge is 0.375 e. The molecular weight excluding hydrogens is 206 g/mol. The molecule has 0 saturated heterocycles. The number of anilines is 1. The van der Waals surface area contributed by atoms with Crippen LogP contribution in [0.15, 0.2) is 17.5 Å². The highest BCUT2D eigenvalue weighted by molar-refractivity contribution is 7.10. The first-order chi connectivity index (χ1) is 7.18. The maximum atomic E-state index is 4.17. The van der Waals surface area contributed by atoms with Gasteiger partial charge in [-0.3, -0.25) is 5.10 Å². The molecule has 2 N–H and O–H groups in total. The molecule has 0 fully saturated rings. The van der Waals surface area contributed by atoms with Crippen molar-refractivity contribution < 1.29 is 0 Å². The predicted octanol–water partition coefficient (Wildman–Crippen LogP) is 3.26. The average molecular weight is 221 g/mol. The molecule has 0 spiro atoms. The van der Waals surface area contributed by atoms with Gasteiger partial charge in [0.05, 0.1) is 23.1 Å². The number of aromatic amines is 1. The van der Waals surface area contributed by atoms with Crippen LogP contribution >= 0.6 is 11.3 Å². The summed E-state index contributed by atoms with van der Waals surface area (Å²) in [5.74, 6) is 0. The van der Waals surface area contributed by atoms with Gasteiger partial charge in [0.25, 0.3) is 0 Å². The molecule has 0 saturated carbocycles. The molecule has 0 amide bonds. The molecule has 2 aromatic heterocycles. The van der Waals surface area contributed by atoms with Gasteiger partial charge in [0.1, 0.15) is 0 Å². The molecule has 80 valence electrons. The molecule has 1 atom stereocenters. The van der Waals surface area contributed by atoms with E-state index < -0.39 is 0 Å². The van der Waals surface area contributed by atoms with E-state index in [0.717, 1.165) is 17.1 Å². The lowest BCUT2D eigenvalue weighted by Crippen LogP contribution is -2.06. The number of hydrogen-bond donors (Lipinski definition) is 2. The Bertz CT molecular complexity index is 411. The standard InChI is InChI=1S/C11H15N3S/c1-7(10-5-4-6-15-10)12-11-8(2)13-14-9(11)3/h4-7,12H,1-3H3,(H,13,14). The molecule has 2 heterocycles. The summed E-state index contributed by atoms with van der Waals surface area (Å²) >= 11 is 1.77. The van der Waals surface area contributed by atoms with E-state index >= 15 is 0 Å². The predicted molar refractivity (Wildman–Crippen MR) is 64.4 cm³/mol. The van der Waals surface area contributed by atoms with Crippen molar-refractivity contribution in [2.24, 2.45) is 0 Å². The third kappa shape index (κ3) is 2.04. The number of nitrogens with one attached hydrogen (secondary N) is 2. The normalized spacial score (nSPS) is 12.7. The Morgan fingerprint density at radius 2 is 2.27 bits per heavy atom. The van der Waals surface area contributed by atoms with Crippen molar-refractivity contribution in [3.05, 3.63) is 33.8 Å². The molecule has 2 aromatic rings. The first-order valence-corrected chi connectivity index (χ1v) is 5.88. The number of thiophene rings is 1. The summed E-state index contributed by atoms with van der Waals surface area (Å²) in [6, 6.07) is 4.56. The zero-order valence-electron chi connectivity index (χ0n) is 9.16. The van der Waals surface area contributed by atoms with Crippen molar-refractivity contribution in [2.75, 3.05) is 5.32 Å². The first kappa shape index (κ1) is 10.2. The zero-order valence-corrected chi connectivity index (χ0v) is 9.98. The quantitative estimate of drug-likeness (QED) is 0.835. The Kier molecular flexibility index (Phi) is 2.77. The maximum Gasteiger partial charge on any atom is 0.0825 e. The van der Waals surface area contributed by atoms with E-state index in [9.17, 15) is 0 Å². The second kappa shape index (κ2) is 4.06. The van der Waals surface area contributed by atoms with Crippen molar-refractivity contribution in [1.29, 1.82) is 0 Å². The summed E-state index contributed by atoms with van der Waals surface area (Å²) in [5, 5.41) is 12.7. The SMILES string of the molecule is Cc1n[nH]c(C)c1NC(C)c1cccs1. The highest BCUT2D eigenvalue weighted by atomic mass is 32.1. The van der Waals surface area contributed by atoms with Crippen molar-refractivity contribution in [3.63, 3.8) is 0 Å². The summed E-state index contributed by atoms with van der Waals surface area (Å²) < 4.78 is 0. The molecule has 0 aliphatic heterocycles. The molecule has 15 heavy (non-hydrogen) atoms. The van der Waals surface area contributed by atoms with E-state index in [1.54, 1.807) is 11.3 Å². The summed E-state index contributed by atoms with van der Waals surface area (Å²) in [7, 11) is 0. The van der Waals surface area contributed by atoms with Crippen LogP contribution in [-0.2, 0) is 0 Å². The van der Waals surface area contributed by atoms with Gasteiger partial charge in [-0.2, -0.15) is 5.10 Å². The Morgan fingerprint density at radius 3 is 2.80 bits per heavy atom. The van der Waals surface area contributed by atoms with Crippen LogP contribution in [0.3, 0.4) is 0 Å². The summed E-state index contributed by atoms with van der Waals surface area (Å²) in [6.45, 7) is 6.20. The van der Waals surface area contributed by atoms with Crippen molar-refractivity contribution >= 4 is 17.0 Å². The monoisotopic (exact) mass is 221 g/mol. The second-order valence-corrected chi connectivity index (χ2v) is 4.67. The minimum absolute atomic E-state index is 0.333. The van der Waals surface area contributed by atoms with Gasteiger partial charge < -0.3 is 5.32 Å². The maximum absolute atomic E-state index is 4.17. The Hall–Kier alpha value is -1.29. The van der Waals surface area contributed by atoms with E-state index in [0.29, 0.717) is 6.04 Å². The highest BCUT2D eigenvalue weighted by Crippen LogP contribution is 2.25. The number of rotatable bonds is 3. The fourth-order valence-corrected chi connectivity index (χ4v) is 2.32. The molecule has 1 unspecified atom stereocenters. The van der Waals surface area contributed by atoms with E-state index in [2.05, 4.69) is 40.0 Å². The third-order valence-corrected chi connectivity index (χ3v) is 3.51. The molecule has 3 nitrogen and oxygen atoms in total. The van der Waals surface area contributed by atoms with Gasteiger partial charge in [0, 0.05) is 4.88 Å². The number of H-pyrrole nitrogens is 1. The Morgan fingerprint density at radius 1 is 1.47 bits per heavy atom. The van der Waals surface area contributed by atoms with Crippen LogP contribution in [-0.4, -0.2) is 10.2 Å². The molecule has 2 rings (SSSR count). The smallest absolute Gasteiger partial charge is 0.0825 e. The average Bonchev–Trinajstić information content (AvgIpc) is 2.82. The van der Waals surface area contributed by atoms with E-state index in [-0.39, 0.29) is 0 Å². The van der Waals surface area contributed by atoms with Crippen molar-refractivity contribution in [2.45, 2.75) is 26.8 Å². The minimum Gasteiger partial charge on any atom is -0.375 e. The second-order valence-electron chi connectivity index (χ2n) is 3.69. The van der Waals surface area contributed by atoms with Gasteiger partial charge in [-0.25, -0.2) is 0 Å². The number of aromatic nitrogens is 2. The van der Waals surface area contributed by atoms with Crippen LogP contribution in [0.1, 0.15) is 29.2 Å². The lowest BCUT2D eigenvalue weighted by Gasteiger charge is -2.13. The van der Waals surface area contributed by atoms with Gasteiger partial charge in [-0.15, -0.1) is 11.3 Å². The fourth-order valence-electron chi connectivity index (χ4n) is 1.59. The van der Waals surface area contributed by atoms with E-state index in [1.807, 2.05) is 13.8 Å². The fraction of sp³-hybridized carbons (Fsp3) is 0.364. The van der Waals surface area contributed by atoms with Crippen molar-refractivity contribution in [3.8, 4) is 0 Å². The van der Waals surface area contributed by atoms with E-state index in [4.69, 9.17) is 0 Å². The lowest BCUT2D eigenvalue weighted by molar-refractivity contribution is 0.903. The minimum atomic E-state index is 0.333. The van der Waals surface area contributed by atoms with Gasteiger partial charge in [-0.05, 0) is 32.2 Å². The molecule has 0 aliphatic carbocycles. The van der Waals surface area contributed by atoms with Gasteiger partial charge in [-0.1, -0.05) is 6.07 Å². The van der Waals surface area contributed by atoms with Gasteiger partial charge in [0.15, 0.2) is 0 Å². The molecule has 0 aliphatic rings. The van der Waals surface area contributed by atoms with Crippen LogP contribution < -0.4 is 5.32 Å². The summed E-state index contributed by atoms with van der Waals surface area (Å²) in [5.41, 5.74) is 3.24. The number of nitrogens with zero attached hydrogens (tertiary/aromatic N) is 1.